The molecule has 0 aromatic heterocycles. The van der Waals surface area contributed by atoms with E-state index in [1.807, 2.05) is 0 Å². The zero-order chi connectivity index (χ0) is 20.8. The largest absolute Gasteiger partial charge is 0.409 e. The van der Waals surface area contributed by atoms with Gasteiger partial charge in [-0.1, -0.05) is 41.5 Å². The Morgan fingerprint density at radius 2 is 1.46 bits per heavy atom. The predicted octanol–water partition coefficient (Wildman–Crippen LogP) is 3.22. The van der Waals surface area contributed by atoms with Gasteiger partial charge >= 0.3 is 0 Å². The fourth-order valence-electron chi connectivity index (χ4n) is 2.40. The van der Waals surface area contributed by atoms with Crippen molar-refractivity contribution in [2.75, 3.05) is 6.61 Å². The summed E-state index contributed by atoms with van der Waals surface area (Å²) >= 11 is 0. The van der Waals surface area contributed by atoms with Gasteiger partial charge in [-0.05, 0) is 36.3 Å². The molecular weight excluding hydrogens is 363 g/mol. The smallest absolute Gasteiger partial charge is 0.192 e. The molecule has 1 heterocycles. The van der Waals surface area contributed by atoms with Gasteiger partial charge in [-0.25, -0.2) is 0 Å². The first kappa shape index (κ1) is 24.0. The fraction of sp³-hybridized carbons (Fsp3) is 0.944. The molecule has 0 spiro atoms. The van der Waals surface area contributed by atoms with Crippen molar-refractivity contribution in [3.05, 3.63) is 0 Å². The van der Waals surface area contributed by atoms with Crippen LogP contribution in [0.25, 0.3) is 0 Å². The van der Waals surface area contributed by atoms with Crippen LogP contribution >= 0.6 is 0 Å². The Morgan fingerprint density at radius 3 is 1.81 bits per heavy atom. The van der Waals surface area contributed by atoms with Gasteiger partial charge < -0.3 is 18.7 Å². The van der Waals surface area contributed by atoms with Crippen molar-refractivity contribution in [1.29, 1.82) is 0 Å². The van der Waals surface area contributed by atoms with Gasteiger partial charge in [-0.3, -0.25) is 4.79 Å². The van der Waals surface area contributed by atoms with Crippen LogP contribution in [0.4, 0.5) is 0 Å². The first-order valence-corrected chi connectivity index (χ1v) is 15.1. The summed E-state index contributed by atoms with van der Waals surface area (Å²) in [4.78, 5) is 11.9. The quantitative estimate of drug-likeness (QED) is 0.548. The molecule has 2 radical (unpaired) electrons. The Hall–Kier alpha value is 0.00870. The molecule has 1 aliphatic rings. The summed E-state index contributed by atoms with van der Waals surface area (Å²) in [6.45, 7) is 20.8. The van der Waals surface area contributed by atoms with E-state index in [2.05, 4.69) is 67.7 Å². The van der Waals surface area contributed by atoms with Crippen molar-refractivity contribution in [1.82, 2.24) is 0 Å². The number of aliphatic hydroxyl groups excluding tert-OH is 1. The average molecular weight is 400 g/mol. The number of hydrogen-bond acceptors (Lipinski definition) is 5. The molecule has 1 aliphatic heterocycles. The predicted molar refractivity (Wildman–Crippen MR) is 111 cm³/mol. The standard InChI is InChI=1S/C18H37BO5Si2/c1-16(2,3)25(7,8)23-13-14(24-26(9,10)17(4,5)6)18(11-20,12-21)22-15(13)19/h11,13-15,21H,12H2,1-10H3/t13-,14-,15-,18+/m1/s1. The zero-order valence-corrected chi connectivity index (χ0v) is 20.2. The summed E-state index contributed by atoms with van der Waals surface area (Å²) in [5.41, 5.74) is -1.48. The number of ether oxygens (including phenoxy) is 1. The van der Waals surface area contributed by atoms with Crippen molar-refractivity contribution < 1.29 is 23.5 Å². The van der Waals surface area contributed by atoms with Crippen LogP contribution in [0.3, 0.4) is 0 Å². The second-order valence-electron chi connectivity index (χ2n) is 10.5. The van der Waals surface area contributed by atoms with Crippen LogP contribution in [0.15, 0.2) is 0 Å². The normalized spacial score (nSPS) is 31.3. The zero-order valence-electron chi connectivity index (χ0n) is 18.2. The lowest BCUT2D eigenvalue weighted by Crippen LogP contribution is -2.58. The number of aliphatic hydroxyl groups is 1. The minimum absolute atomic E-state index is 0.0279. The Kier molecular flexibility index (Phi) is 6.88. The van der Waals surface area contributed by atoms with Crippen LogP contribution in [0.2, 0.25) is 36.3 Å². The van der Waals surface area contributed by atoms with Crippen LogP contribution in [0.5, 0.6) is 0 Å². The average Bonchev–Trinajstić information content (AvgIpc) is 2.69. The van der Waals surface area contributed by atoms with Crippen LogP contribution in [-0.4, -0.2) is 66.3 Å². The van der Waals surface area contributed by atoms with Gasteiger partial charge in [-0.15, -0.1) is 0 Å². The summed E-state index contributed by atoms with van der Waals surface area (Å²) in [7, 11) is 1.78. The Balaban J connectivity index is 3.32. The second-order valence-corrected chi connectivity index (χ2v) is 20.0. The lowest BCUT2D eigenvalue weighted by atomic mass is 9.90. The molecule has 1 rings (SSSR count). The lowest BCUT2D eigenvalue weighted by molar-refractivity contribution is -0.141. The number of aldehydes is 1. The number of hydrogen-bond donors (Lipinski definition) is 1. The molecule has 1 N–H and O–H groups in total. The highest BCUT2D eigenvalue weighted by atomic mass is 28.4. The van der Waals surface area contributed by atoms with Crippen molar-refractivity contribution in [3.63, 3.8) is 0 Å². The maximum Gasteiger partial charge on any atom is 0.192 e. The van der Waals surface area contributed by atoms with E-state index < -0.39 is 47.1 Å². The molecule has 0 saturated carbocycles. The summed E-state index contributed by atoms with van der Waals surface area (Å²) in [6.07, 6.45) is -0.697. The maximum atomic E-state index is 11.9. The Morgan fingerprint density at radius 1 is 1.04 bits per heavy atom. The van der Waals surface area contributed by atoms with Crippen molar-refractivity contribution in [3.8, 4) is 0 Å². The molecule has 0 aromatic carbocycles. The molecule has 5 nitrogen and oxygen atoms in total. The molecule has 0 amide bonds. The minimum Gasteiger partial charge on any atom is -0.409 e. The third kappa shape index (κ3) is 4.52. The highest BCUT2D eigenvalue weighted by Gasteiger charge is 2.59. The van der Waals surface area contributed by atoms with E-state index in [-0.39, 0.29) is 10.1 Å². The van der Waals surface area contributed by atoms with E-state index in [9.17, 15) is 9.90 Å². The molecule has 150 valence electrons. The molecular formula is C18H37BO5Si2. The fourth-order valence-corrected chi connectivity index (χ4v) is 5.02. The number of rotatable bonds is 6. The molecule has 1 fully saturated rings. The molecule has 8 heteroatoms. The van der Waals surface area contributed by atoms with E-state index in [4.69, 9.17) is 21.4 Å². The monoisotopic (exact) mass is 400 g/mol. The Bertz CT molecular complexity index is 513. The van der Waals surface area contributed by atoms with Gasteiger partial charge in [-0.2, -0.15) is 0 Å². The molecule has 0 bridgehead atoms. The van der Waals surface area contributed by atoms with Gasteiger partial charge in [0.2, 0.25) is 0 Å². The SMILES string of the molecule is [B][C@@H]1O[C@@](C=O)(CO)[C@H](O[Si](C)(C)C(C)(C)C)[C@H]1O[Si](C)(C)C(C)(C)C. The minimum atomic E-state index is -2.25. The second kappa shape index (κ2) is 7.44. The molecule has 0 unspecified atom stereocenters. The van der Waals surface area contributed by atoms with Crippen LogP contribution in [0, 0.1) is 0 Å². The van der Waals surface area contributed by atoms with Crippen molar-refractivity contribution >= 4 is 30.8 Å². The van der Waals surface area contributed by atoms with Gasteiger partial charge in [0.1, 0.15) is 14.0 Å². The first-order valence-electron chi connectivity index (χ1n) is 9.30. The topological polar surface area (TPSA) is 65.0 Å². The van der Waals surface area contributed by atoms with Crippen LogP contribution < -0.4 is 0 Å². The Labute approximate surface area is 162 Å². The summed E-state index contributed by atoms with van der Waals surface area (Å²) in [6, 6.07) is -0.823. The molecule has 26 heavy (non-hydrogen) atoms. The first-order chi connectivity index (χ1) is 11.4. The lowest BCUT2D eigenvalue weighted by Gasteiger charge is -2.45. The molecule has 0 aromatic rings. The van der Waals surface area contributed by atoms with Gasteiger partial charge in [0, 0.05) is 6.00 Å². The maximum absolute atomic E-state index is 11.9. The molecule has 1 saturated heterocycles. The van der Waals surface area contributed by atoms with Crippen LogP contribution in [-0.2, 0) is 18.4 Å². The van der Waals surface area contributed by atoms with E-state index in [1.165, 1.54) is 0 Å². The van der Waals surface area contributed by atoms with Gasteiger partial charge in [0.05, 0.1) is 12.7 Å². The van der Waals surface area contributed by atoms with Crippen LogP contribution in [0.1, 0.15) is 41.5 Å². The third-order valence-corrected chi connectivity index (χ3v) is 15.3. The van der Waals surface area contributed by atoms with Crippen molar-refractivity contribution in [2.45, 2.75) is 102 Å². The highest BCUT2D eigenvalue weighted by molar-refractivity contribution is 6.74. The third-order valence-electron chi connectivity index (χ3n) is 6.37. The summed E-state index contributed by atoms with van der Waals surface area (Å²) in [5.74, 6) is 0. The van der Waals surface area contributed by atoms with E-state index >= 15 is 0 Å². The van der Waals surface area contributed by atoms with Crippen molar-refractivity contribution in [2.24, 2.45) is 0 Å². The molecule has 4 atom stereocenters. The molecule has 0 aliphatic carbocycles. The van der Waals surface area contributed by atoms with Gasteiger partial charge in [0.15, 0.2) is 28.5 Å². The van der Waals surface area contributed by atoms with E-state index in [1.54, 1.807) is 0 Å². The van der Waals surface area contributed by atoms with E-state index in [0.717, 1.165) is 0 Å². The highest BCUT2D eigenvalue weighted by Crippen LogP contribution is 2.45. The summed E-state index contributed by atoms with van der Waals surface area (Å²) in [5, 5.41) is 9.87. The number of carbonyl (C=O) groups excluding carboxylic acids is 1. The summed E-state index contributed by atoms with van der Waals surface area (Å²) < 4.78 is 18.8. The van der Waals surface area contributed by atoms with Gasteiger partial charge in [0.25, 0.3) is 0 Å². The number of carbonyl (C=O) groups is 1. The van der Waals surface area contributed by atoms with E-state index in [0.29, 0.717) is 6.29 Å².